The lowest BCUT2D eigenvalue weighted by atomic mass is 9.87. The molecule has 0 radical (unpaired) electrons. The second-order valence-corrected chi connectivity index (χ2v) is 6.57. The summed E-state index contributed by atoms with van der Waals surface area (Å²) in [6.07, 6.45) is 4.54. The molecule has 20 heavy (non-hydrogen) atoms. The Labute approximate surface area is 127 Å². The van der Waals surface area contributed by atoms with Crippen molar-refractivity contribution in [2.24, 2.45) is 5.41 Å². The first-order chi connectivity index (χ1) is 9.49. The van der Waals surface area contributed by atoms with Crippen LogP contribution < -0.4 is 0 Å². The number of hydrogen-bond donors (Lipinski definition) is 0. The molecule has 0 fully saturated rings. The second-order valence-electron chi connectivity index (χ2n) is 5.08. The molecule has 0 saturated carbocycles. The molecule has 2 rings (SSSR count). The Kier molecular flexibility index (Phi) is 4.78. The minimum atomic E-state index is -0.477. The number of rotatable bonds is 5. The van der Waals surface area contributed by atoms with Gasteiger partial charge in [0.15, 0.2) is 5.78 Å². The number of aromatic nitrogens is 2. The van der Waals surface area contributed by atoms with E-state index in [1.165, 1.54) is 6.33 Å². The minimum Gasteiger partial charge on any atom is -0.293 e. The summed E-state index contributed by atoms with van der Waals surface area (Å²) in [5, 5.41) is 0.714. The van der Waals surface area contributed by atoms with E-state index < -0.39 is 5.41 Å². The lowest BCUT2D eigenvalue weighted by molar-refractivity contribution is 0.0862. The maximum atomic E-state index is 12.4. The molecule has 0 bridgehead atoms. The summed E-state index contributed by atoms with van der Waals surface area (Å²) in [5.74, 6) is 0.738. The van der Waals surface area contributed by atoms with Gasteiger partial charge in [-0.1, -0.05) is 25.4 Å². The van der Waals surface area contributed by atoms with Crippen LogP contribution in [0.3, 0.4) is 0 Å². The van der Waals surface area contributed by atoms with E-state index in [2.05, 4.69) is 9.97 Å². The first-order valence-electron chi connectivity index (χ1n) is 6.17. The molecule has 0 N–H and O–H groups in total. The Morgan fingerprint density at radius 1 is 1.20 bits per heavy atom. The molecule has 0 spiro atoms. The van der Waals surface area contributed by atoms with E-state index in [0.29, 0.717) is 16.3 Å². The van der Waals surface area contributed by atoms with Crippen LogP contribution in [0.2, 0.25) is 5.02 Å². The molecule has 3 nitrogen and oxygen atoms in total. The second kappa shape index (κ2) is 6.37. The summed E-state index contributed by atoms with van der Waals surface area (Å²) >= 11 is 7.49. The maximum absolute atomic E-state index is 12.4. The van der Waals surface area contributed by atoms with Gasteiger partial charge in [0.1, 0.15) is 6.33 Å². The van der Waals surface area contributed by atoms with Gasteiger partial charge in [-0.3, -0.25) is 4.79 Å². The SMILES string of the molecule is CC(C)(CSc1ccc(Cl)cc1)C(=O)c1cncnc1. The van der Waals surface area contributed by atoms with Gasteiger partial charge in [0.25, 0.3) is 0 Å². The minimum absolute atomic E-state index is 0.0552. The van der Waals surface area contributed by atoms with Crippen LogP contribution in [-0.2, 0) is 0 Å². The third-order valence-electron chi connectivity index (χ3n) is 2.85. The number of Topliss-reactive ketones (excluding diaryl/α,β-unsaturated/α-hetero) is 1. The quantitative estimate of drug-likeness (QED) is 0.615. The molecule has 2 aromatic rings. The normalized spacial score (nSPS) is 11.3. The Morgan fingerprint density at radius 3 is 2.40 bits per heavy atom. The third kappa shape index (κ3) is 3.81. The molecule has 0 saturated heterocycles. The van der Waals surface area contributed by atoms with Gasteiger partial charge < -0.3 is 0 Å². The zero-order valence-corrected chi connectivity index (χ0v) is 12.9. The first kappa shape index (κ1) is 15.0. The monoisotopic (exact) mass is 306 g/mol. The summed E-state index contributed by atoms with van der Waals surface area (Å²) in [7, 11) is 0. The fourth-order valence-electron chi connectivity index (χ4n) is 1.67. The van der Waals surface area contributed by atoms with Crippen molar-refractivity contribution < 1.29 is 4.79 Å². The van der Waals surface area contributed by atoms with Gasteiger partial charge in [0.2, 0.25) is 0 Å². The molecular formula is C15H15ClN2OS. The average Bonchev–Trinajstić information content (AvgIpc) is 2.47. The molecule has 1 aromatic heterocycles. The van der Waals surface area contributed by atoms with E-state index in [0.717, 1.165) is 4.90 Å². The Bertz CT molecular complexity index is 585. The summed E-state index contributed by atoms with van der Waals surface area (Å²) in [4.78, 5) is 21.3. The highest BCUT2D eigenvalue weighted by Crippen LogP contribution is 2.30. The van der Waals surface area contributed by atoms with Gasteiger partial charge in [-0.15, -0.1) is 11.8 Å². The molecule has 0 aliphatic rings. The van der Waals surface area contributed by atoms with Gasteiger partial charge >= 0.3 is 0 Å². The molecule has 104 valence electrons. The van der Waals surface area contributed by atoms with E-state index in [9.17, 15) is 4.79 Å². The van der Waals surface area contributed by atoms with Crippen molar-refractivity contribution in [3.63, 3.8) is 0 Å². The van der Waals surface area contributed by atoms with Crippen LogP contribution in [-0.4, -0.2) is 21.5 Å². The Hall–Kier alpha value is -1.39. The fraction of sp³-hybridized carbons (Fsp3) is 0.267. The van der Waals surface area contributed by atoms with Crippen LogP contribution in [0, 0.1) is 5.41 Å². The predicted molar refractivity (Wildman–Crippen MR) is 82.3 cm³/mol. The van der Waals surface area contributed by atoms with Crippen LogP contribution in [0.15, 0.2) is 47.9 Å². The van der Waals surface area contributed by atoms with E-state index in [1.54, 1.807) is 24.2 Å². The third-order valence-corrected chi connectivity index (χ3v) is 4.57. The highest BCUT2D eigenvalue weighted by molar-refractivity contribution is 7.99. The van der Waals surface area contributed by atoms with Crippen LogP contribution >= 0.6 is 23.4 Å². The van der Waals surface area contributed by atoms with Gasteiger partial charge in [-0.2, -0.15) is 0 Å². The van der Waals surface area contributed by atoms with Crippen molar-refractivity contribution in [1.82, 2.24) is 9.97 Å². The van der Waals surface area contributed by atoms with Crippen molar-refractivity contribution in [2.45, 2.75) is 18.7 Å². The predicted octanol–water partition coefficient (Wildman–Crippen LogP) is 4.13. The molecule has 0 unspecified atom stereocenters. The largest absolute Gasteiger partial charge is 0.293 e. The number of nitrogens with zero attached hydrogens (tertiary/aromatic N) is 2. The zero-order chi connectivity index (χ0) is 14.6. The van der Waals surface area contributed by atoms with Gasteiger partial charge in [-0.05, 0) is 24.3 Å². The molecule has 0 aliphatic carbocycles. The highest BCUT2D eigenvalue weighted by Gasteiger charge is 2.29. The lowest BCUT2D eigenvalue weighted by Gasteiger charge is -2.22. The highest BCUT2D eigenvalue weighted by atomic mass is 35.5. The number of ketones is 1. The van der Waals surface area contributed by atoms with Crippen molar-refractivity contribution in [3.05, 3.63) is 53.6 Å². The van der Waals surface area contributed by atoms with Crippen molar-refractivity contribution in [2.75, 3.05) is 5.75 Å². The van der Waals surface area contributed by atoms with Crippen LogP contribution in [0.1, 0.15) is 24.2 Å². The average molecular weight is 307 g/mol. The molecule has 5 heteroatoms. The Morgan fingerprint density at radius 2 is 1.80 bits per heavy atom. The van der Waals surface area contributed by atoms with E-state index >= 15 is 0 Å². The lowest BCUT2D eigenvalue weighted by Crippen LogP contribution is -2.27. The number of carbonyl (C=O) groups excluding carboxylic acids is 1. The van der Waals surface area contributed by atoms with Crippen molar-refractivity contribution in [3.8, 4) is 0 Å². The summed E-state index contributed by atoms with van der Waals surface area (Å²) < 4.78 is 0. The molecule has 0 amide bonds. The topological polar surface area (TPSA) is 42.9 Å². The van der Waals surface area contributed by atoms with Gasteiger partial charge in [0.05, 0.1) is 5.56 Å². The van der Waals surface area contributed by atoms with Crippen LogP contribution in [0.4, 0.5) is 0 Å². The van der Waals surface area contributed by atoms with Gasteiger partial charge in [0, 0.05) is 33.5 Å². The smallest absolute Gasteiger partial charge is 0.172 e. The van der Waals surface area contributed by atoms with E-state index in [4.69, 9.17) is 11.6 Å². The number of benzene rings is 1. The zero-order valence-electron chi connectivity index (χ0n) is 11.3. The first-order valence-corrected chi connectivity index (χ1v) is 7.53. The number of hydrogen-bond acceptors (Lipinski definition) is 4. The maximum Gasteiger partial charge on any atom is 0.172 e. The molecule has 1 aromatic carbocycles. The Balaban J connectivity index is 2.03. The van der Waals surface area contributed by atoms with E-state index in [-0.39, 0.29) is 5.78 Å². The number of carbonyl (C=O) groups is 1. The molecular weight excluding hydrogens is 292 g/mol. The summed E-state index contributed by atoms with van der Waals surface area (Å²) in [6.45, 7) is 3.87. The number of thioether (sulfide) groups is 1. The van der Waals surface area contributed by atoms with Crippen molar-refractivity contribution in [1.29, 1.82) is 0 Å². The number of halogens is 1. The van der Waals surface area contributed by atoms with E-state index in [1.807, 2.05) is 38.1 Å². The van der Waals surface area contributed by atoms with Crippen molar-refractivity contribution >= 4 is 29.1 Å². The summed E-state index contributed by atoms with van der Waals surface area (Å²) in [5.41, 5.74) is 0.0730. The summed E-state index contributed by atoms with van der Waals surface area (Å²) in [6, 6.07) is 7.62. The van der Waals surface area contributed by atoms with Crippen LogP contribution in [0.5, 0.6) is 0 Å². The van der Waals surface area contributed by atoms with Crippen LogP contribution in [0.25, 0.3) is 0 Å². The molecule has 0 atom stereocenters. The standard InChI is InChI=1S/C15H15ClN2OS/c1-15(2,14(19)11-7-17-10-18-8-11)9-20-13-5-3-12(16)4-6-13/h3-8,10H,9H2,1-2H3. The van der Waals surface area contributed by atoms with Gasteiger partial charge in [-0.25, -0.2) is 9.97 Å². The fourth-order valence-corrected chi connectivity index (χ4v) is 2.78. The molecule has 1 heterocycles. The molecule has 0 aliphatic heterocycles.